The minimum Gasteiger partial charge on any atom is -0.353 e. The van der Waals surface area contributed by atoms with Crippen LogP contribution in [-0.4, -0.2) is 56.1 Å². The van der Waals surface area contributed by atoms with E-state index in [9.17, 15) is 4.79 Å². The Morgan fingerprint density at radius 3 is 2.93 bits per heavy atom. The van der Waals surface area contributed by atoms with E-state index < -0.39 is 0 Å². The number of piperazine rings is 1. The van der Waals surface area contributed by atoms with E-state index in [1.165, 1.54) is 0 Å². The van der Waals surface area contributed by atoms with Gasteiger partial charge in [-0.3, -0.25) is 4.79 Å². The molecule has 2 aliphatic rings. The van der Waals surface area contributed by atoms with Crippen LogP contribution in [0.3, 0.4) is 0 Å². The molecule has 5 heterocycles. The van der Waals surface area contributed by atoms with Gasteiger partial charge in [-0.15, -0.1) is 0 Å². The van der Waals surface area contributed by atoms with Gasteiger partial charge >= 0.3 is 0 Å². The molecule has 8 heteroatoms. The number of aryl methyl sites for hydroxylation is 1. The minimum atomic E-state index is 0.119. The lowest BCUT2D eigenvalue weighted by Gasteiger charge is -2.38. The molecule has 7 nitrogen and oxygen atoms in total. The van der Waals surface area contributed by atoms with Crippen LogP contribution in [0.2, 0.25) is 5.02 Å². The number of amides is 1. The van der Waals surface area contributed by atoms with Crippen molar-refractivity contribution in [3.8, 4) is 0 Å². The van der Waals surface area contributed by atoms with Crippen LogP contribution >= 0.6 is 11.6 Å². The molecule has 0 aromatic carbocycles. The molecule has 0 radical (unpaired) electrons. The smallest absolute Gasteiger partial charge is 0.226 e. The Balaban J connectivity index is 1.19. The molecule has 2 fully saturated rings. The number of nitrogens with zero attached hydrogens (tertiary/aromatic N) is 6. The SMILES string of the molecule is O=C1[C@@H](CCCc2cccc3ncnn23)C[C@H]2CN(c3ccc(Cl)cn3)CCN12. The first-order valence-corrected chi connectivity index (χ1v) is 10.5. The van der Waals surface area contributed by atoms with Crippen molar-refractivity contribution in [3.05, 3.63) is 53.6 Å². The number of anilines is 1. The Morgan fingerprint density at radius 2 is 2.07 bits per heavy atom. The highest BCUT2D eigenvalue weighted by atomic mass is 35.5. The number of hydrogen-bond acceptors (Lipinski definition) is 5. The van der Waals surface area contributed by atoms with Gasteiger partial charge < -0.3 is 9.80 Å². The minimum absolute atomic E-state index is 0.119. The summed E-state index contributed by atoms with van der Waals surface area (Å²) in [5, 5.41) is 4.94. The summed E-state index contributed by atoms with van der Waals surface area (Å²) in [7, 11) is 0. The highest BCUT2D eigenvalue weighted by molar-refractivity contribution is 6.30. The lowest BCUT2D eigenvalue weighted by Crippen LogP contribution is -2.51. The summed E-state index contributed by atoms with van der Waals surface area (Å²) in [6.45, 7) is 2.43. The van der Waals surface area contributed by atoms with Crippen LogP contribution in [0.5, 0.6) is 0 Å². The molecule has 150 valence electrons. The predicted molar refractivity (Wildman–Crippen MR) is 111 cm³/mol. The topological polar surface area (TPSA) is 66.6 Å². The van der Waals surface area contributed by atoms with Crippen molar-refractivity contribution in [2.24, 2.45) is 5.92 Å². The molecule has 0 unspecified atom stereocenters. The number of hydrogen-bond donors (Lipinski definition) is 0. The standard InChI is InChI=1S/C21H23ClN6O/c22-16-7-8-19(23-12-16)26-9-10-27-18(13-26)11-15(21(27)29)3-1-4-17-5-2-6-20-24-14-25-28(17)20/h2,5-8,12,14-15,18H,1,3-4,9-11,13H2/t15-,18-/m0/s1. The average Bonchev–Trinajstić information content (AvgIpc) is 3.34. The fourth-order valence-corrected chi connectivity index (χ4v) is 4.75. The van der Waals surface area contributed by atoms with Crippen molar-refractivity contribution in [2.75, 3.05) is 24.5 Å². The molecular weight excluding hydrogens is 388 g/mol. The maximum atomic E-state index is 12.9. The van der Waals surface area contributed by atoms with Crippen LogP contribution in [0.1, 0.15) is 25.0 Å². The molecule has 3 aromatic heterocycles. The Labute approximate surface area is 174 Å². The van der Waals surface area contributed by atoms with Gasteiger partial charge in [-0.25, -0.2) is 14.5 Å². The normalized spacial score (nSPS) is 21.8. The summed E-state index contributed by atoms with van der Waals surface area (Å²) in [5.41, 5.74) is 2.01. The summed E-state index contributed by atoms with van der Waals surface area (Å²) >= 11 is 5.95. The molecule has 1 amide bonds. The number of halogens is 1. The fraction of sp³-hybridized carbons (Fsp3) is 0.429. The molecule has 0 aliphatic carbocycles. The van der Waals surface area contributed by atoms with E-state index >= 15 is 0 Å². The van der Waals surface area contributed by atoms with E-state index in [0.29, 0.717) is 10.9 Å². The first-order chi connectivity index (χ1) is 14.2. The second-order valence-corrected chi connectivity index (χ2v) is 8.27. The van der Waals surface area contributed by atoms with Gasteiger partial charge in [0, 0.05) is 37.4 Å². The quantitative estimate of drug-likeness (QED) is 0.647. The third-order valence-electron chi connectivity index (χ3n) is 6.07. The van der Waals surface area contributed by atoms with Gasteiger partial charge in [0.25, 0.3) is 0 Å². The Kier molecular flexibility index (Phi) is 4.83. The third-order valence-corrected chi connectivity index (χ3v) is 6.30. The lowest BCUT2D eigenvalue weighted by molar-refractivity contribution is -0.132. The van der Waals surface area contributed by atoms with Crippen molar-refractivity contribution < 1.29 is 4.79 Å². The van der Waals surface area contributed by atoms with E-state index in [4.69, 9.17) is 11.6 Å². The van der Waals surface area contributed by atoms with E-state index in [2.05, 4.69) is 30.9 Å². The van der Waals surface area contributed by atoms with Gasteiger partial charge in [-0.05, 0) is 49.9 Å². The van der Waals surface area contributed by atoms with Gasteiger partial charge in [0.2, 0.25) is 5.91 Å². The third kappa shape index (κ3) is 3.55. The Bertz CT molecular complexity index is 1020. The number of rotatable bonds is 5. The van der Waals surface area contributed by atoms with Crippen molar-refractivity contribution >= 4 is 29.0 Å². The van der Waals surface area contributed by atoms with Crippen LogP contribution in [0.25, 0.3) is 5.65 Å². The van der Waals surface area contributed by atoms with Crippen LogP contribution in [0.15, 0.2) is 42.9 Å². The second-order valence-electron chi connectivity index (χ2n) is 7.84. The van der Waals surface area contributed by atoms with Crippen molar-refractivity contribution in [3.63, 3.8) is 0 Å². The fourth-order valence-electron chi connectivity index (χ4n) is 4.64. The Hall–Kier alpha value is -2.67. The highest BCUT2D eigenvalue weighted by Gasteiger charge is 2.42. The summed E-state index contributed by atoms with van der Waals surface area (Å²) in [6.07, 6.45) is 6.97. The van der Waals surface area contributed by atoms with E-state index in [-0.39, 0.29) is 12.0 Å². The molecule has 0 bridgehead atoms. The Morgan fingerprint density at radius 1 is 1.14 bits per heavy atom. The van der Waals surface area contributed by atoms with E-state index in [0.717, 1.165) is 62.5 Å². The molecule has 3 aromatic rings. The maximum absolute atomic E-state index is 12.9. The summed E-state index contributed by atoms with van der Waals surface area (Å²) in [6, 6.07) is 10.2. The molecule has 0 spiro atoms. The number of fused-ring (bicyclic) bond motifs is 2. The highest BCUT2D eigenvalue weighted by Crippen LogP contribution is 2.32. The average molecular weight is 411 g/mol. The monoisotopic (exact) mass is 410 g/mol. The first kappa shape index (κ1) is 18.4. The van der Waals surface area contributed by atoms with E-state index in [1.807, 2.05) is 28.8 Å². The predicted octanol–water partition coefficient (Wildman–Crippen LogP) is 2.84. The molecule has 0 N–H and O–H groups in total. The number of carbonyl (C=O) groups is 1. The van der Waals surface area contributed by atoms with Crippen molar-refractivity contribution in [1.82, 2.24) is 24.5 Å². The molecule has 2 saturated heterocycles. The van der Waals surface area contributed by atoms with Crippen LogP contribution in [-0.2, 0) is 11.2 Å². The van der Waals surface area contributed by atoms with Gasteiger partial charge in [0.15, 0.2) is 5.65 Å². The zero-order valence-corrected chi connectivity index (χ0v) is 16.9. The van der Waals surface area contributed by atoms with Crippen molar-refractivity contribution in [1.29, 1.82) is 0 Å². The van der Waals surface area contributed by atoms with E-state index in [1.54, 1.807) is 12.5 Å². The van der Waals surface area contributed by atoms with Crippen LogP contribution in [0.4, 0.5) is 5.82 Å². The van der Waals surface area contributed by atoms with Crippen LogP contribution in [0, 0.1) is 5.92 Å². The molecular formula is C21H23ClN6O. The molecule has 2 aliphatic heterocycles. The zero-order valence-electron chi connectivity index (χ0n) is 16.1. The molecule has 5 rings (SSSR count). The van der Waals surface area contributed by atoms with Gasteiger partial charge in [0.05, 0.1) is 11.1 Å². The molecule has 2 atom stereocenters. The lowest BCUT2D eigenvalue weighted by atomic mass is 9.97. The van der Waals surface area contributed by atoms with Crippen LogP contribution < -0.4 is 4.90 Å². The summed E-state index contributed by atoms with van der Waals surface area (Å²) in [4.78, 5) is 25.9. The maximum Gasteiger partial charge on any atom is 0.226 e. The summed E-state index contributed by atoms with van der Waals surface area (Å²) < 4.78 is 1.89. The number of pyridine rings is 2. The summed E-state index contributed by atoms with van der Waals surface area (Å²) in [5.74, 6) is 1.37. The van der Waals surface area contributed by atoms with Gasteiger partial charge in [0.1, 0.15) is 12.1 Å². The number of aromatic nitrogens is 4. The second kappa shape index (κ2) is 7.63. The molecule has 29 heavy (non-hydrogen) atoms. The van der Waals surface area contributed by atoms with Gasteiger partial charge in [-0.1, -0.05) is 17.7 Å². The van der Waals surface area contributed by atoms with Crippen molar-refractivity contribution in [2.45, 2.75) is 31.7 Å². The molecule has 0 saturated carbocycles. The first-order valence-electron chi connectivity index (χ1n) is 10.1. The largest absolute Gasteiger partial charge is 0.353 e. The van der Waals surface area contributed by atoms with Gasteiger partial charge in [-0.2, -0.15) is 5.10 Å². The zero-order chi connectivity index (χ0) is 19.8. The number of carbonyl (C=O) groups excluding carboxylic acids is 1.